The third-order valence-electron chi connectivity index (χ3n) is 5.55. The summed E-state index contributed by atoms with van der Waals surface area (Å²) in [5.74, 6) is -0.334. The molecule has 1 atom stereocenters. The quantitative estimate of drug-likeness (QED) is 0.863. The Bertz CT molecular complexity index is 889. The van der Waals surface area contributed by atoms with Crippen molar-refractivity contribution in [3.05, 3.63) is 65.7 Å². The highest BCUT2D eigenvalue weighted by molar-refractivity contribution is 6.10. The van der Waals surface area contributed by atoms with E-state index in [1.807, 2.05) is 18.2 Å². The average molecular weight is 377 g/mol. The first-order valence-corrected chi connectivity index (χ1v) is 9.65. The van der Waals surface area contributed by atoms with Crippen molar-refractivity contribution in [1.82, 2.24) is 10.2 Å². The number of fused-ring (bicyclic) bond motifs is 1. The van der Waals surface area contributed by atoms with Crippen molar-refractivity contribution in [2.45, 2.75) is 31.2 Å². The Morgan fingerprint density at radius 3 is 2.39 bits per heavy atom. The second-order valence-corrected chi connectivity index (χ2v) is 7.33. The summed E-state index contributed by atoms with van der Waals surface area (Å²) in [4.78, 5) is 39.4. The number of anilines is 1. The van der Waals surface area contributed by atoms with E-state index in [2.05, 4.69) is 22.8 Å². The molecule has 4 rings (SSSR count). The number of rotatable bonds is 3. The number of hydrogen-bond donors (Lipinski definition) is 2. The molecule has 0 aliphatic carbocycles. The summed E-state index contributed by atoms with van der Waals surface area (Å²) in [6.07, 6.45) is 1.79. The maximum atomic E-state index is 12.7. The lowest BCUT2D eigenvalue weighted by Crippen LogP contribution is -2.46. The fourth-order valence-electron chi connectivity index (χ4n) is 3.95. The van der Waals surface area contributed by atoms with Crippen LogP contribution in [-0.4, -0.2) is 41.8 Å². The third kappa shape index (κ3) is 3.76. The number of carbonyl (C=O) groups excluding carboxylic acids is 3. The number of likely N-dealkylation sites (tertiary alicyclic amines) is 1. The Labute approximate surface area is 163 Å². The van der Waals surface area contributed by atoms with E-state index in [9.17, 15) is 14.4 Å². The second kappa shape index (κ2) is 7.84. The predicted octanol–water partition coefficient (Wildman–Crippen LogP) is 2.53. The Kier molecular flexibility index (Phi) is 5.10. The summed E-state index contributed by atoms with van der Waals surface area (Å²) < 4.78 is 0. The van der Waals surface area contributed by atoms with Crippen LogP contribution in [0.4, 0.5) is 5.69 Å². The molecule has 0 unspecified atom stereocenters. The zero-order chi connectivity index (χ0) is 19.5. The van der Waals surface area contributed by atoms with Gasteiger partial charge in [-0.1, -0.05) is 42.5 Å². The van der Waals surface area contributed by atoms with E-state index in [1.165, 1.54) is 5.56 Å². The molecule has 2 aliphatic rings. The summed E-state index contributed by atoms with van der Waals surface area (Å²) in [7, 11) is 0. The molecular weight excluding hydrogens is 354 g/mol. The molecule has 0 bridgehead atoms. The average Bonchev–Trinajstić information content (AvgIpc) is 2.85. The highest BCUT2D eigenvalue weighted by atomic mass is 16.2. The molecule has 6 heteroatoms. The minimum atomic E-state index is -0.862. The van der Waals surface area contributed by atoms with Gasteiger partial charge in [0.1, 0.15) is 6.04 Å². The lowest BCUT2D eigenvalue weighted by molar-refractivity contribution is -0.134. The molecule has 2 aromatic rings. The largest absolute Gasteiger partial charge is 0.343 e. The number of carbonyl (C=O) groups is 3. The smallest absolute Gasteiger partial charge is 0.254 e. The van der Waals surface area contributed by atoms with Crippen LogP contribution in [0.2, 0.25) is 0 Å². The Morgan fingerprint density at radius 1 is 0.964 bits per heavy atom. The Hall–Kier alpha value is -3.15. The number of nitrogens with one attached hydrogen (secondary N) is 2. The highest BCUT2D eigenvalue weighted by Crippen LogP contribution is 2.28. The van der Waals surface area contributed by atoms with E-state index in [4.69, 9.17) is 0 Å². The van der Waals surface area contributed by atoms with Crippen LogP contribution in [0.3, 0.4) is 0 Å². The van der Waals surface area contributed by atoms with E-state index in [-0.39, 0.29) is 24.1 Å². The number of nitrogens with zero attached hydrogens (tertiary/aromatic N) is 1. The van der Waals surface area contributed by atoms with Gasteiger partial charge < -0.3 is 15.5 Å². The summed E-state index contributed by atoms with van der Waals surface area (Å²) >= 11 is 0. The lowest BCUT2D eigenvalue weighted by atomic mass is 9.89. The first kappa shape index (κ1) is 18.2. The molecule has 0 aromatic heterocycles. The molecule has 2 heterocycles. The summed E-state index contributed by atoms with van der Waals surface area (Å²) in [5, 5.41) is 5.44. The van der Waals surface area contributed by atoms with Gasteiger partial charge in [0.15, 0.2) is 0 Å². The van der Waals surface area contributed by atoms with Crippen molar-refractivity contribution < 1.29 is 14.4 Å². The molecule has 2 aliphatic heterocycles. The van der Waals surface area contributed by atoms with Gasteiger partial charge in [-0.05, 0) is 36.5 Å². The van der Waals surface area contributed by atoms with Crippen LogP contribution in [0.15, 0.2) is 54.6 Å². The van der Waals surface area contributed by atoms with Crippen LogP contribution in [-0.2, 0) is 9.59 Å². The SMILES string of the molecule is O=C1N[C@H](CC(=O)N2CCC(c3ccccc3)CC2)C(=O)Nc2ccccc21. The van der Waals surface area contributed by atoms with Crippen LogP contribution in [0.1, 0.15) is 41.1 Å². The Balaban J connectivity index is 1.37. The van der Waals surface area contributed by atoms with Crippen molar-refractivity contribution in [1.29, 1.82) is 0 Å². The van der Waals surface area contributed by atoms with E-state index in [0.717, 1.165) is 12.8 Å². The van der Waals surface area contributed by atoms with Gasteiger partial charge in [-0.15, -0.1) is 0 Å². The van der Waals surface area contributed by atoms with Crippen molar-refractivity contribution in [3.8, 4) is 0 Å². The van der Waals surface area contributed by atoms with Gasteiger partial charge in [0.05, 0.1) is 17.7 Å². The third-order valence-corrected chi connectivity index (χ3v) is 5.55. The number of piperidine rings is 1. The van der Waals surface area contributed by atoms with E-state index < -0.39 is 6.04 Å². The standard InChI is InChI=1S/C22H23N3O3/c26-20(25-12-10-16(11-13-25)15-6-2-1-3-7-15)14-19-22(28)23-18-9-5-4-8-17(18)21(27)24-19/h1-9,16,19H,10-14H2,(H,23,28)(H,24,27)/t19-/m1/s1. The number of para-hydroxylation sites is 1. The molecule has 0 spiro atoms. The normalized spacial score (nSPS) is 20.0. The topological polar surface area (TPSA) is 78.5 Å². The van der Waals surface area contributed by atoms with Gasteiger partial charge in [-0.25, -0.2) is 0 Å². The molecule has 2 N–H and O–H groups in total. The lowest BCUT2D eigenvalue weighted by Gasteiger charge is -2.33. The predicted molar refractivity (Wildman–Crippen MR) is 106 cm³/mol. The summed E-state index contributed by atoms with van der Waals surface area (Å²) in [6.45, 7) is 1.34. The van der Waals surface area contributed by atoms with Gasteiger partial charge in [0.25, 0.3) is 5.91 Å². The zero-order valence-electron chi connectivity index (χ0n) is 15.6. The summed E-state index contributed by atoms with van der Waals surface area (Å²) in [6, 6.07) is 16.3. The molecule has 1 fully saturated rings. The van der Waals surface area contributed by atoms with Crippen LogP contribution in [0.5, 0.6) is 0 Å². The van der Waals surface area contributed by atoms with Crippen molar-refractivity contribution in [3.63, 3.8) is 0 Å². The maximum absolute atomic E-state index is 12.7. The van der Waals surface area contributed by atoms with Gasteiger partial charge in [0, 0.05) is 13.1 Å². The van der Waals surface area contributed by atoms with Gasteiger partial charge >= 0.3 is 0 Å². The molecular formula is C22H23N3O3. The van der Waals surface area contributed by atoms with Crippen LogP contribution >= 0.6 is 0 Å². The molecule has 2 aromatic carbocycles. The minimum Gasteiger partial charge on any atom is -0.343 e. The molecule has 144 valence electrons. The molecule has 6 nitrogen and oxygen atoms in total. The number of hydrogen-bond acceptors (Lipinski definition) is 3. The summed E-state index contributed by atoms with van der Waals surface area (Å²) in [5.41, 5.74) is 2.20. The first-order chi connectivity index (χ1) is 13.6. The minimum absolute atomic E-state index is 0.0262. The Morgan fingerprint density at radius 2 is 1.64 bits per heavy atom. The monoisotopic (exact) mass is 377 g/mol. The van der Waals surface area contributed by atoms with E-state index >= 15 is 0 Å². The van der Waals surface area contributed by atoms with Gasteiger partial charge in [-0.3, -0.25) is 14.4 Å². The van der Waals surface area contributed by atoms with Gasteiger partial charge in [0.2, 0.25) is 11.8 Å². The molecule has 28 heavy (non-hydrogen) atoms. The van der Waals surface area contributed by atoms with Crippen molar-refractivity contribution in [2.75, 3.05) is 18.4 Å². The molecule has 1 saturated heterocycles. The van der Waals surface area contributed by atoms with Gasteiger partial charge in [-0.2, -0.15) is 0 Å². The van der Waals surface area contributed by atoms with Crippen LogP contribution < -0.4 is 10.6 Å². The van der Waals surface area contributed by atoms with Crippen molar-refractivity contribution in [2.24, 2.45) is 0 Å². The molecule has 0 saturated carbocycles. The first-order valence-electron chi connectivity index (χ1n) is 9.65. The van der Waals surface area contributed by atoms with E-state index in [1.54, 1.807) is 29.2 Å². The molecule has 0 radical (unpaired) electrons. The highest BCUT2D eigenvalue weighted by Gasteiger charge is 2.32. The van der Waals surface area contributed by atoms with Crippen LogP contribution in [0, 0.1) is 0 Å². The molecule has 3 amide bonds. The maximum Gasteiger partial charge on any atom is 0.254 e. The van der Waals surface area contributed by atoms with Crippen LogP contribution in [0.25, 0.3) is 0 Å². The zero-order valence-corrected chi connectivity index (χ0v) is 15.6. The fraction of sp³-hybridized carbons (Fsp3) is 0.318. The van der Waals surface area contributed by atoms with E-state index in [0.29, 0.717) is 30.3 Å². The fourth-order valence-corrected chi connectivity index (χ4v) is 3.95. The number of benzene rings is 2. The second-order valence-electron chi connectivity index (χ2n) is 7.33. The number of amides is 3. The van der Waals surface area contributed by atoms with Crippen molar-refractivity contribution >= 4 is 23.4 Å².